The second kappa shape index (κ2) is 7.11. The van der Waals surface area contributed by atoms with Gasteiger partial charge in [0.25, 0.3) is 0 Å². The van der Waals surface area contributed by atoms with Crippen LogP contribution in [0, 0.1) is 5.82 Å². The molecule has 0 saturated carbocycles. The summed E-state index contributed by atoms with van der Waals surface area (Å²) < 4.78 is 15.7. The molecular weight excluding hydrogens is 331 g/mol. The molecule has 1 saturated heterocycles. The first kappa shape index (κ1) is 16.5. The number of nitrogens with one attached hydrogen (secondary N) is 1. The van der Waals surface area contributed by atoms with Gasteiger partial charge >= 0.3 is 0 Å². The van der Waals surface area contributed by atoms with E-state index < -0.39 is 0 Å². The lowest BCUT2D eigenvalue weighted by Gasteiger charge is -2.34. The molecule has 0 radical (unpaired) electrons. The van der Waals surface area contributed by atoms with Crippen molar-refractivity contribution < 1.29 is 4.39 Å². The number of aryl methyl sites for hydroxylation is 1. The highest BCUT2D eigenvalue weighted by atomic mass is 19.1. The minimum absolute atomic E-state index is 0.161. The maximum absolute atomic E-state index is 13.9. The largest absolute Gasteiger partial charge is 0.369 e. The van der Waals surface area contributed by atoms with Crippen molar-refractivity contribution in [3.8, 4) is 11.3 Å². The van der Waals surface area contributed by atoms with Crippen LogP contribution in [0.5, 0.6) is 0 Å². The summed E-state index contributed by atoms with van der Waals surface area (Å²) in [5.74, 6) is 0.460. The number of anilines is 2. The predicted molar refractivity (Wildman–Crippen MR) is 99.5 cm³/mol. The van der Waals surface area contributed by atoms with Crippen molar-refractivity contribution in [1.82, 2.24) is 19.7 Å². The lowest BCUT2D eigenvalue weighted by molar-refractivity contribution is 0.514. The van der Waals surface area contributed by atoms with Crippen LogP contribution in [-0.2, 0) is 7.05 Å². The summed E-state index contributed by atoms with van der Waals surface area (Å²) in [7, 11) is 1.88. The maximum atomic E-state index is 13.9. The lowest BCUT2D eigenvalue weighted by atomic mass is 10.0. The molecule has 1 aromatic carbocycles. The summed E-state index contributed by atoms with van der Waals surface area (Å²) in [6, 6.07) is 9.10. The molecule has 0 spiro atoms. The van der Waals surface area contributed by atoms with Gasteiger partial charge in [-0.15, -0.1) is 0 Å². The zero-order valence-electron chi connectivity index (χ0n) is 14.6. The molecule has 0 unspecified atom stereocenters. The minimum Gasteiger partial charge on any atom is -0.369 e. The first-order valence-corrected chi connectivity index (χ1v) is 8.77. The standard InChI is InChI=1S/C19H21FN6/c1-25-13-14(12-22-25)17-6-9-21-19(24-17)23-15-7-10-26(11-8-15)18-5-3-2-4-16(18)20/h2-6,9,12-13,15H,7-8,10-11H2,1H3,(H,21,23,24). The second-order valence-corrected chi connectivity index (χ2v) is 6.53. The van der Waals surface area contributed by atoms with Gasteiger partial charge in [-0.05, 0) is 31.0 Å². The molecule has 4 rings (SSSR count). The Morgan fingerprint density at radius 1 is 1.15 bits per heavy atom. The lowest BCUT2D eigenvalue weighted by Crippen LogP contribution is -2.39. The van der Waals surface area contributed by atoms with Gasteiger partial charge in [0.1, 0.15) is 5.82 Å². The number of para-hydroxylation sites is 1. The van der Waals surface area contributed by atoms with Gasteiger partial charge in [0.15, 0.2) is 0 Å². The van der Waals surface area contributed by atoms with E-state index in [9.17, 15) is 4.39 Å². The SMILES string of the molecule is Cn1cc(-c2ccnc(NC3CCN(c4ccccc4F)CC3)n2)cn1. The average molecular weight is 352 g/mol. The predicted octanol–water partition coefficient (Wildman–Crippen LogP) is 3.10. The Morgan fingerprint density at radius 2 is 1.96 bits per heavy atom. The average Bonchev–Trinajstić information content (AvgIpc) is 3.10. The topological polar surface area (TPSA) is 58.9 Å². The first-order valence-electron chi connectivity index (χ1n) is 8.77. The van der Waals surface area contributed by atoms with Crippen molar-refractivity contribution in [1.29, 1.82) is 0 Å². The van der Waals surface area contributed by atoms with Crippen LogP contribution in [0.25, 0.3) is 11.3 Å². The van der Waals surface area contributed by atoms with Crippen LogP contribution in [-0.4, -0.2) is 38.9 Å². The molecule has 1 aliphatic heterocycles. The van der Waals surface area contributed by atoms with Gasteiger partial charge in [-0.1, -0.05) is 12.1 Å². The van der Waals surface area contributed by atoms with E-state index in [2.05, 4.69) is 25.3 Å². The van der Waals surface area contributed by atoms with Gasteiger partial charge in [-0.2, -0.15) is 5.10 Å². The number of benzene rings is 1. The molecule has 0 aliphatic carbocycles. The van der Waals surface area contributed by atoms with Crippen LogP contribution in [0.3, 0.4) is 0 Å². The van der Waals surface area contributed by atoms with Crippen molar-refractivity contribution in [2.45, 2.75) is 18.9 Å². The molecule has 1 fully saturated rings. The highest BCUT2D eigenvalue weighted by Crippen LogP contribution is 2.24. The zero-order valence-corrected chi connectivity index (χ0v) is 14.6. The summed E-state index contributed by atoms with van der Waals surface area (Å²) in [5.41, 5.74) is 2.49. The van der Waals surface area contributed by atoms with E-state index in [0.29, 0.717) is 11.6 Å². The van der Waals surface area contributed by atoms with E-state index >= 15 is 0 Å². The van der Waals surface area contributed by atoms with Gasteiger partial charge in [0, 0.05) is 44.1 Å². The number of nitrogens with zero attached hydrogens (tertiary/aromatic N) is 5. The molecule has 1 aliphatic rings. The van der Waals surface area contributed by atoms with Crippen LogP contribution in [0.4, 0.5) is 16.0 Å². The molecule has 26 heavy (non-hydrogen) atoms. The summed E-state index contributed by atoms with van der Waals surface area (Å²) in [6.45, 7) is 1.61. The van der Waals surface area contributed by atoms with Crippen LogP contribution in [0.15, 0.2) is 48.9 Å². The van der Waals surface area contributed by atoms with E-state index in [1.54, 1.807) is 23.1 Å². The monoisotopic (exact) mass is 352 g/mol. The number of rotatable bonds is 4. The van der Waals surface area contributed by atoms with Gasteiger partial charge < -0.3 is 10.2 Å². The fraction of sp³-hybridized carbons (Fsp3) is 0.316. The molecule has 6 nitrogen and oxygen atoms in total. The summed E-state index contributed by atoms with van der Waals surface area (Å²) in [5, 5.41) is 7.60. The van der Waals surface area contributed by atoms with E-state index in [1.807, 2.05) is 31.4 Å². The van der Waals surface area contributed by atoms with Gasteiger partial charge in [-0.3, -0.25) is 4.68 Å². The van der Waals surface area contributed by atoms with E-state index in [-0.39, 0.29) is 11.9 Å². The first-order chi connectivity index (χ1) is 12.7. The Kier molecular flexibility index (Phi) is 4.51. The van der Waals surface area contributed by atoms with Crippen molar-refractivity contribution in [2.75, 3.05) is 23.3 Å². The second-order valence-electron chi connectivity index (χ2n) is 6.53. The number of hydrogen-bond acceptors (Lipinski definition) is 5. The summed E-state index contributed by atoms with van der Waals surface area (Å²) in [4.78, 5) is 11.0. The molecule has 3 heterocycles. The molecule has 7 heteroatoms. The molecule has 0 bridgehead atoms. The van der Waals surface area contributed by atoms with Crippen molar-refractivity contribution >= 4 is 11.6 Å². The third kappa shape index (κ3) is 3.51. The number of aromatic nitrogens is 4. The van der Waals surface area contributed by atoms with Crippen LogP contribution in [0.2, 0.25) is 0 Å². The minimum atomic E-state index is -0.161. The fourth-order valence-corrected chi connectivity index (χ4v) is 3.30. The van der Waals surface area contributed by atoms with E-state index in [4.69, 9.17) is 0 Å². The Bertz CT molecular complexity index is 885. The molecular formula is C19H21FN6. The van der Waals surface area contributed by atoms with Gasteiger partial charge in [0.2, 0.25) is 5.95 Å². The number of piperidine rings is 1. The highest BCUT2D eigenvalue weighted by molar-refractivity contribution is 5.58. The summed E-state index contributed by atoms with van der Waals surface area (Å²) >= 11 is 0. The highest BCUT2D eigenvalue weighted by Gasteiger charge is 2.21. The van der Waals surface area contributed by atoms with Crippen LogP contribution >= 0.6 is 0 Å². The van der Waals surface area contributed by atoms with Crippen molar-refractivity contribution in [3.63, 3.8) is 0 Å². The fourth-order valence-electron chi connectivity index (χ4n) is 3.30. The van der Waals surface area contributed by atoms with Gasteiger partial charge in [-0.25, -0.2) is 14.4 Å². The normalized spacial score (nSPS) is 15.2. The Morgan fingerprint density at radius 3 is 2.69 bits per heavy atom. The van der Waals surface area contributed by atoms with E-state index in [0.717, 1.165) is 37.2 Å². The number of hydrogen-bond donors (Lipinski definition) is 1. The maximum Gasteiger partial charge on any atom is 0.223 e. The Hall–Kier alpha value is -2.96. The summed E-state index contributed by atoms with van der Waals surface area (Å²) in [6.07, 6.45) is 7.30. The van der Waals surface area contributed by atoms with Crippen LogP contribution < -0.4 is 10.2 Å². The Balaban J connectivity index is 1.40. The molecule has 1 N–H and O–H groups in total. The molecule has 2 aromatic heterocycles. The third-order valence-corrected chi connectivity index (χ3v) is 4.68. The molecule has 3 aromatic rings. The molecule has 134 valence electrons. The quantitative estimate of drug-likeness (QED) is 0.782. The van der Waals surface area contributed by atoms with E-state index in [1.165, 1.54) is 6.07 Å². The zero-order chi connectivity index (χ0) is 17.9. The van der Waals surface area contributed by atoms with Crippen molar-refractivity contribution in [2.24, 2.45) is 7.05 Å². The van der Waals surface area contributed by atoms with Crippen molar-refractivity contribution in [3.05, 3.63) is 54.7 Å². The Labute approximate surface area is 151 Å². The molecule has 0 atom stereocenters. The number of halogens is 1. The smallest absolute Gasteiger partial charge is 0.223 e. The van der Waals surface area contributed by atoms with Crippen LogP contribution in [0.1, 0.15) is 12.8 Å². The molecule has 0 amide bonds. The third-order valence-electron chi connectivity index (χ3n) is 4.68. The van der Waals surface area contributed by atoms with Gasteiger partial charge in [0.05, 0.1) is 17.6 Å².